The number of carbonyl (C=O) groups excluding carboxylic acids is 1. The second-order valence-electron chi connectivity index (χ2n) is 8.68. The van der Waals surface area contributed by atoms with Crippen LogP contribution in [0.5, 0.6) is 0 Å². The number of nitrogens with one attached hydrogen (secondary N) is 1. The minimum atomic E-state index is -0.126. The van der Waals surface area contributed by atoms with Gasteiger partial charge < -0.3 is 9.73 Å². The zero-order valence-electron chi connectivity index (χ0n) is 17.1. The van der Waals surface area contributed by atoms with Crippen LogP contribution >= 0.6 is 0 Å². The third-order valence-corrected chi connectivity index (χ3v) is 6.73. The molecule has 1 atom stereocenters. The third-order valence-electron chi connectivity index (χ3n) is 6.73. The largest absolute Gasteiger partial charge is 0.464 e. The summed E-state index contributed by atoms with van der Waals surface area (Å²) in [6.07, 6.45) is 11.4. The predicted octanol–water partition coefficient (Wildman–Crippen LogP) is 4.89. The van der Waals surface area contributed by atoms with Gasteiger partial charge in [0, 0.05) is 23.2 Å². The van der Waals surface area contributed by atoms with Gasteiger partial charge in [0.1, 0.15) is 12.2 Å². The summed E-state index contributed by atoms with van der Waals surface area (Å²) < 4.78 is 5.86. The lowest BCUT2D eigenvalue weighted by Crippen LogP contribution is -2.38. The lowest BCUT2D eigenvalue weighted by atomic mass is 9.83. The van der Waals surface area contributed by atoms with Crippen molar-refractivity contribution < 1.29 is 9.21 Å². The van der Waals surface area contributed by atoms with E-state index in [0.717, 1.165) is 31.1 Å². The Morgan fingerprint density at radius 3 is 2.90 bits per heavy atom. The normalized spacial score (nSPS) is 25.6. The van der Waals surface area contributed by atoms with Crippen LogP contribution in [-0.2, 0) is 4.79 Å². The van der Waals surface area contributed by atoms with Crippen molar-refractivity contribution in [1.29, 1.82) is 5.26 Å². The molecule has 2 aliphatic heterocycles. The summed E-state index contributed by atoms with van der Waals surface area (Å²) in [4.78, 5) is 14.3. The number of nitriles is 1. The van der Waals surface area contributed by atoms with Gasteiger partial charge in [-0.05, 0) is 76.1 Å². The van der Waals surface area contributed by atoms with Crippen molar-refractivity contribution in [3.8, 4) is 17.4 Å². The van der Waals surface area contributed by atoms with Crippen LogP contribution in [0.1, 0.15) is 69.4 Å². The zero-order valence-corrected chi connectivity index (χ0v) is 17.1. The van der Waals surface area contributed by atoms with E-state index in [2.05, 4.69) is 28.4 Å². The molecule has 1 N–H and O–H groups in total. The maximum Gasteiger partial charge on any atom is 0.234 e. The molecule has 0 aromatic carbocycles. The lowest BCUT2D eigenvalue weighted by Gasteiger charge is -2.37. The molecule has 0 spiro atoms. The van der Waals surface area contributed by atoms with Crippen LogP contribution in [0.4, 0.5) is 0 Å². The SMILES string of the molecule is N#CCC(=O)NC1CCC(CCN2CCCCC2c2coc3cccc-3c2)CC1. The van der Waals surface area contributed by atoms with Gasteiger partial charge in [-0.3, -0.25) is 9.69 Å². The molecule has 5 nitrogen and oxygen atoms in total. The summed E-state index contributed by atoms with van der Waals surface area (Å²) in [7, 11) is 0. The highest BCUT2D eigenvalue weighted by molar-refractivity contribution is 5.78. The van der Waals surface area contributed by atoms with Crippen molar-refractivity contribution in [1.82, 2.24) is 10.2 Å². The second-order valence-corrected chi connectivity index (χ2v) is 8.68. The molecule has 4 aliphatic rings. The third kappa shape index (κ3) is 5.00. The fourth-order valence-corrected chi connectivity index (χ4v) is 5.09. The number of likely N-dealkylation sites (tertiary alicyclic amines) is 1. The molecular weight excluding hydrogens is 362 g/mol. The average Bonchev–Trinajstić information content (AvgIpc) is 3.21. The van der Waals surface area contributed by atoms with Crippen molar-refractivity contribution in [3.63, 3.8) is 0 Å². The van der Waals surface area contributed by atoms with E-state index in [1.54, 1.807) is 0 Å². The fourth-order valence-electron chi connectivity index (χ4n) is 5.09. The Labute approximate surface area is 173 Å². The molecule has 0 aromatic heterocycles. The Morgan fingerprint density at radius 2 is 2.07 bits per heavy atom. The number of piperidine rings is 1. The summed E-state index contributed by atoms with van der Waals surface area (Å²) in [6, 6.07) is 11.2. The van der Waals surface area contributed by atoms with Gasteiger partial charge in [-0.1, -0.05) is 18.6 Å². The molecule has 1 saturated carbocycles. The maximum absolute atomic E-state index is 11.6. The van der Waals surface area contributed by atoms with E-state index in [-0.39, 0.29) is 18.4 Å². The first-order chi connectivity index (χ1) is 14.2. The van der Waals surface area contributed by atoms with Gasteiger partial charge in [0.25, 0.3) is 0 Å². The number of rotatable bonds is 6. The van der Waals surface area contributed by atoms with E-state index in [1.165, 1.54) is 56.2 Å². The van der Waals surface area contributed by atoms with Crippen LogP contribution in [0.3, 0.4) is 0 Å². The summed E-state index contributed by atoms with van der Waals surface area (Å²) in [5.41, 5.74) is 2.51. The predicted molar refractivity (Wildman–Crippen MR) is 112 cm³/mol. The van der Waals surface area contributed by atoms with Crippen molar-refractivity contribution in [2.45, 2.75) is 69.9 Å². The van der Waals surface area contributed by atoms with E-state index in [4.69, 9.17) is 9.68 Å². The highest BCUT2D eigenvalue weighted by Gasteiger charge is 2.27. The van der Waals surface area contributed by atoms with Gasteiger partial charge in [-0.15, -0.1) is 0 Å². The van der Waals surface area contributed by atoms with E-state index in [9.17, 15) is 4.79 Å². The monoisotopic (exact) mass is 393 g/mol. The van der Waals surface area contributed by atoms with E-state index in [1.807, 2.05) is 18.4 Å². The van der Waals surface area contributed by atoms with Gasteiger partial charge in [0.2, 0.25) is 5.91 Å². The van der Waals surface area contributed by atoms with E-state index in [0.29, 0.717) is 6.04 Å². The Balaban J connectivity index is 1.29. The van der Waals surface area contributed by atoms with Crippen LogP contribution in [0.25, 0.3) is 11.3 Å². The van der Waals surface area contributed by atoms with Crippen molar-refractivity contribution >= 4 is 5.91 Å². The van der Waals surface area contributed by atoms with Crippen LogP contribution in [0.2, 0.25) is 0 Å². The van der Waals surface area contributed by atoms with Crippen LogP contribution in [0.15, 0.2) is 34.9 Å². The van der Waals surface area contributed by atoms with Crippen molar-refractivity contribution in [3.05, 3.63) is 36.1 Å². The Morgan fingerprint density at radius 1 is 1.21 bits per heavy atom. The standard InChI is InChI=1S/C24H31N3O2/c25-13-11-24(28)26-21-9-7-18(8-10-21)12-15-27-14-2-1-5-22(27)20-16-19-4-3-6-23(19)29-17-20/h3-4,6,16-18,21-22H,1-2,5,7-12,14-15H2,(H,26,28). The van der Waals surface area contributed by atoms with Gasteiger partial charge in [0.05, 0.1) is 12.3 Å². The minimum Gasteiger partial charge on any atom is -0.464 e. The molecule has 0 aromatic rings. The first-order valence-electron chi connectivity index (χ1n) is 11.1. The molecule has 0 radical (unpaired) electrons. The average molecular weight is 394 g/mol. The molecule has 4 rings (SSSR count). The van der Waals surface area contributed by atoms with Gasteiger partial charge >= 0.3 is 0 Å². The lowest BCUT2D eigenvalue weighted by molar-refractivity contribution is -0.121. The molecule has 2 aliphatic carbocycles. The van der Waals surface area contributed by atoms with E-state index < -0.39 is 0 Å². The molecular formula is C24H31N3O2. The number of amides is 1. The molecule has 1 unspecified atom stereocenters. The Bertz CT molecular complexity index is 816. The molecule has 1 saturated heterocycles. The smallest absolute Gasteiger partial charge is 0.234 e. The number of hydrogen-bond donors (Lipinski definition) is 1. The van der Waals surface area contributed by atoms with E-state index >= 15 is 0 Å². The number of hydrogen-bond acceptors (Lipinski definition) is 4. The first-order valence-corrected chi connectivity index (χ1v) is 11.1. The first kappa shape index (κ1) is 20.0. The van der Waals surface area contributed by atoms with Crippen molar-refractivity contribution in [2.75, 3.05) is 13.1 Å². The fraction of sp³-hybridized carbons (Fsp3) is 0.583. The Kier molecular flexibility index (Phi) is 6.51. The van der Waals surface area contributed by atoms with Crippen LogP contribution in [0, 0.1) is 17.2 Å². The minimum absolute atomic E-state index is 0.0287. The molecule has 154 valence electrons. The van der Waals surface area contributed by atoms with Gasteiger partial charge in [-0.25, -0.2) is 0 Å². The van der Waals surface area contributed by atoms with Gasteiger partial charge in [-0.2, -0.15) is 5.26 Å². The molecule has 5 heteroatoms. The molecule has 29 heavy (non-hydrogen) atoms. The zero-order chi connectivity index (χ0) is 20.1. The number of nitrogens with zero attached hydrogens (tertiary/aromatic N) is 2. The summed E-state index contributed by atoms with van der Waals surface area (Å²) >= 11 is 0. The maximum atomic E-state index is 11.6. The Hall–Kier alpha value is -2.32. The van der Waals surface area contributed by atoms with Crippen molar-refractivity contribution in [2.24, 2.45) is 5.92 Å². The molecule has 1 amide bonds. The molecule has 2 fully saturated rings. The number of carbonyl (C=O) groups is 1. The quantitative estimate of drug-likeness (QED) is 0.759. The highest BCUT2D eigenvalue weighted by Crippen LogP contribution is 2.36. The molecule has 2 heterocycles. The second kappa shape index (κ2) is 9.45. The summed E-state index contributed by atoms with van der Waals surface area (Å²) in [5, 5.41) is 11.6. The van der Waals surface area contributed by atoms with Crippen LogP contribution in [-0.4, -0.2) is 29.9 Å². The molecule has 0 bridgehead atoms. The summed E-state index contributed by atoms with van der Waals surface area (Å²) in [6.45, 7) is 2.31. The highest BCUT2D eigenvalue weighted by atomic mass is 16.3. The summed E-state index contributed by atoms with van der Waals surface area (Å²) in [5.74, 6) is 1.58. The van der Waals surface area contributed by atoms with Gasteiger partial charge in [0.15, 0.2) is 0 Å². The van der Waals surface area contributed by atoms with Crippen LogP contribution < -0.4 is 5.32 Å². The number of fused-ring (bicyclic) bond motifs is 1. The topological polar surface area (TPSA) is 69.3 Å².